The number of alkyl halides is 2. The monoisotopic (exact) mass is 318 g/mol. The first-order valence-electron chi connectivity index (χ1n) is 5.44. The van der Waals surface area contributed by atoms with Crippen LogP contribution in [0.2, 0.25) is 0 Å². The summed E-state index contributed by atoms with van der Waals surface area (Å²) in [5.74, 6) is 0. The van der Waals surface area contributed by atoms with Gasteiger partial charge in [0.1, 0.15) is 13.2 Å². The molecule has 0 N–H and O–H groups in total. The van der Waals surface area contributed by atoms with Crippen LogP contribution in [0.5, 0.6) is 0 Å². The van der Waals surface area contributed by atoms with E-state index in [1.165, 1.54) is 13.8 Å². The van der Waals surface area contributed by atoms with Crippen LogP contribution < -0.4 is 0 Å². The Balaban J connectivity index is 3.32. The Morgan fingerprint density at radius 2 is 1.21 bits per heavy atom. The van der Waals surface area contributed by atoms with Crippen LogP contribution in [0.4, 0.5) is 9.59 Å². The van der Waals surface area contributed by atoms with Crippen molar-refractivity contribution in [2.45, 2.75) is 25.0 Å². The standard InChI is InChI=1S/C10H16Cl2O7/c1-7(11)18-9(13)16-5-3-15-4-6-17-10(14)19-8(2)12/h7-8H,3-6H2,1-2H3. The Labute approximate surface area is 121 Å². The van der Waals surface area contributed by atoms with Gasteiger partial charge in [-0.05, 0) is 13.8 Å². The van der Waals surface area contributed by atoms with E-state index in [9.17, 15) is 9.59 Å². The topological polar surface area (TPSA) is 80.3 Å². The van der Waals surface area contributed by atoms with Crippen LogP contribution in [-0.4, -0.2) is 49.9 Å². The molecule has 19 heavy (non-hydrogen) atoms. The Morgan fingerprint density at radius 1 is 0.842 bits per heavy atom. The van der Waals surface area contributed by atoms with E-state index in [1.54, 1.807) is 0 Å². The number of carbonyl (C=O) groups is 2. The van der Waals surface area contributed by atoms with Crippen molar-refractivity contribution in [2.24, 2.45) is 0 Å². The predicted molar refractivity (Wildman–Crippen MR) is 66.3 cm³/mol. The lowest BCUT2D eigenvalue weighted by Gasteiger charge is -2.09. The summed E-state index contributed by atoms with van der Waals surface area (Å²) in [5.41, 5.74) is -1.51. The average molecular weight is 319 g/mol. The van der Waals surface area contributed by atoms with Gasteiger partial charge in [-0.1, -0.05) is 23.2 Å². The lowest BCUT2D eigenvalue weighted by Crippen LogP contribution is -2.17. The third-order valence-electron chi connectivity index (χ3n) is 1.41. The molecule has 112 valence electrons. The van der Waals surface area contributed by atoms with Crippen LogP contribution in [0.25, 0.3) is 0 Å². The van der Waals surface area contributed by atoms with Crippen LogP contribution in [0.15, 0.2) is 0 Å². The Kier molecular flexibility index (Phi) is 10.4. The van der Waals surface area contributed by atoms with Crippen molar-refractivity contribution in [3.63, 3.8) is 0 Å². The second kappa shape index (κ2) is 11.0. The highest BCUT2D eigenvalue weighted by Gasteiger charge is 2.08. The second-order valence-corrected chi connectivity index (χ2v) is 4.36. The number of carbonyl (C=O) groups excluding carboxylic acids is 2. The molecule has 2 atom stereocenters. The van der Waals surface area contributed by atoms with Gasteiger partial charge in [0, 0.05) is 0 Å². The molecule has 0 aliphatic carbocycles. The molecule has 0 fully saturated rings. The number of halogens is 2. The van der Waals surface area contributed by atoms with Gasteiger partial charge in [-0.3, -0.25) is 0 Å². The summed E-state index contributed by atoms with van der Waals surface area (Å²) in [5, 5.41) is 0. The molecule has 2 unspecified atom stereocenters. The van der Waals surface area contributed by atoms with Gasteiger partial charge >= 0.3 is 12.3 Å². The first-order valence-corrected chi connectivity index (χ1v) is 6.31. The molecule has 0 rings (SSSR count). The fourth-order valence-corrected chi connectivity index (χ4v) is 0.949. The summed E-state index contributed by atoms with van der Waals surface area (Å²) in [6.45, 7) is 3.25. The van der Waals surface area contributed by atoms with E-state index < -0.39 is 23.4 Å². The van der Waals surface area contributed by atoms with Gasteiger partial charge in [0.15, 0.2) is 11.1 Å². The molecule has 0 spiro atoms. The van der Waals surface area contributed by atoms with Crippen molar-refractivity contribution in [1.29, 1.82) is 0 Å². The van der Waals surface area contributed by atoms with Crippen LogP contribution in [-0.2, 0) is 23.7 Å². The average Bonchev–Trinajstić information content (AvgIpc) is 2.25. The maximum atomic E-state index is 10.9. The van der Waals surface area contributed by atoms with Crippen LogP contribution >= 0.6 is 23.2 Å². The smallest absolute Gasteiger partial charge is 0.432 e. The quantitative estimate of drug-likeness (QED) is 0.386. The summed E-state index contributed by atoms with van der Waals surface area (Å²) in [4.78, 5) is 21.7. The molecule has 0 saturated heterocycles. The number of ether oxygens (including phenoxy) is 5. The number of hydrogen-bond acceptors (Lipinski definition) is 7. The van der Waals surface area contributed by atoms with Gasteiger partial charge < -0.3 is 23.7 Å². The van der Waals surface area contributed by atoms with E-state index in [1.807, 2.05) is 0 Å². The Morgan fingerprint density at radius 3 is 1.53 bits per heavy atom. The minimum absolute atomic E-state index is 0.00556. The van der Waals surface area contributed by atoms with Crippen molar-refractivity contribution < 1.29 is 33.3 Å². The molecule has 0 aromatic rings. The molecule has 0 aromatic carbocycles. The number of rotatable bonds is 8. The predicted octanol–water partition coefficient (Wildman–Crippen LogP) is 2.48. The summed E-state index contributed by atoms with van der Waals surface area (Å²) < 4.78 is 23.2. The fourth-order valence-electron chi connectivity index (χ4n) is 0.803. The highest BCUT2D eigenvalue weighted by atomic mass is 35.5. The lowest BCUT2D eigenvalue weighted by molar-refractivity contribution is 0.00329. The van der Waals surface area contributed by atoms with E-state index in [-0.39, 0.29) is 26.4 Å². The third-order valence-corrected chi connectivity index (χ3v) is 1.59. The minimum atomic E-state index is -0.873. The summed E-state index contributed by atoms with van der Waals surface area (Å²) in [6, 6.07) is 0. The zero-order chi connectivity index (χ0) is 14.7. The molecule has 0 saturated carbocycles. The summed E-state index contributed by atoms with van der Waals surface area (Å²) >= 11 is 10.8. The first-order chi connectivity index (χ1) is 8.91. The molecule has 7 nitrogen and oxygen atoms in total. The van der Waals surface area contributed by atoms with Crippen molar-refractivity contribution in [1.82, 2.24) is 0 Å². The van der Waals surface area contributed by atoms with Gasteiger partial charge in [-0.15, -0.1) is 0 Å². The van der Waals surface area contributed by atoms with Crippen molar-refractivity contribution in [2.75, 3.05) is 26.4 Å². The van der Waals surface area contributed by atoms with Crippen molar-refractivity contribution in [3.05, 3.63) is 0 Å². The number of hydrogen-bond donors (Lipinski definition) is 0. The first kappa shape index (κ1) is 18.1. The molecule has 0 aliphatic rings. The maximum Gasteiger partial charge on any atom is 0.509 e. The van der Waals surface area contributed by atoms with Gasteiger partial charge in [0.2, 0.25) is 0 Å². The molecule has 0 aliphatic heterocycles. The van der Waals surface area contributed by atoms with Gasteiger partial charge in [-0.2, -0.15) is 0 Å². The lowest BCUT2D eigenvalue weighted by atomic mass is 10.7. The van der Waals surface area contributed by atoms with E-state index in [4.69, 9.17) is 27.9 Å². The van der Waals surface area contributed by atoms with Gasteiger partial charge in [0.05, 0.1) is 13.2 Å². The largest absolute Gasteiger partial charge is 0.509 e. The van der Waals surface area contributed by atoms with Crippen LogP contribution in [0.1, 0.15) is 13.8 Å². The van der Waals surface area contributed by atoms with E-state index in [0.717, 1.165) is 0 Å². The molecular weight excluding hydrogens is 303 g/mol. The molecule has 0 radical (unpaired) electrons. The zero-order valence-corrected chi connectivity index (χ0v) is 12.1. The fraction of sp³-hybridized carbons (Fsp3) is 0.800. The molecule has 0 aromatic heterocycles. The second-order valence-electron chi connectivity index (χ2n) is 3.13. The molecule has 9 heteroatoms. The Hall–Kier alpha value is -0.920. The van der Waals surface area contributed by atoms with E-state index in [0.29, 0.717) is 0 Å². The molecular formula is C10H16Cl2O7. The van der Waals surface area contributed by atoms with Crippen molar-refractivity contribution >= 4 is 35.5 Å². The third kappa shape index (κ3) is 13.3. The van der Waals surface area contributed by atoms with Gasteiger partial charge in [0.25, 0.3) is 0 Å². The van der Waals surface area contributed by atoms with Crippen LogP contribution in [0.3, 0.4) is 0 Å². The normalized spacial score (nSPS) is 13.3. The summed E-state index contributed by atoms with van der Waals surface area (Å²) in [6.07, 6.45) is -1.75. The minimum Gasteiger partial charge on any atom is -0.432 e. The maximum absolute atomic E-state index is 10.9. The zero-order valence-electron chi connectivity index (χ0n) is 10.6. The molecule has 0 bridgehead atoms. The Bertz CT molecular complexity index is 245. The van der Waals surface area contributed by atoms with Crippen LogP contribution in [0, 0.1) is 0 Å². The SMILES string of the molecule is CC(Cl)OC(=O)OCCOCCOC(=O)OC(C)Cl. The van der Waals surface area contributed by atoms with E-state index >= 15 is 0 Å². The summed E-state index contributed by atoms with van der Waals surface area (Å²) in [7, 11) is 0. The molecule has 0 heterocycles. The van der Waals surface area contributed by atoms with Crippen molar-refractivity contribution in [3.8, 4) is 0 Å². The highest BCUT2D eigenvalue weighted by Crippen LogP contribution is 1.99. The van der Waals surface area contributed by atoms with E-state index in [2.05, 4.69) is 18.9 Å². The molecule has 0 amide bonds. The van der Waals surface area contributed by atoms with Gasteiger partial charge in [-0.25, -0.2) is 9.59 Å². The highest BCUT2D eigenvalue weighted by molar-refractivity contribution is 6.20.